The molecular weight excluding hydrogens is 784 g/mol. The predicted molar refractivity (Wildman–Crippen MR) is 208 cm³/mol. The Balaban J connectivity index is 1.85. The number of nitrogens with one attached hydrogen (secondary N) is 4. The van der Waals surface area contributed by atoms with Crippen molar-refractivity contribution < 1.29 is 76.6 Å². The summed E-state index contributed by atoms with van der Waals surface area (Å²) < 4.78 is 43.5. The summed E-state index contributed by atoms with van der Waals surface area (Å²) in [5.41, 5.74) is 4.99. The molecule has 0 saturated carbocycles. The Morgan fingerprint density at radius 2 is 1.05 bits per heavy atom. The fraction of sp³-hybridized carbons (Fsp3) is 0.757. The number of hydrogen-bond donors (Lipinski definition) is 6. The van der Waals surface area contributed by atoms with Crippen LogP contribution in [0.4, 0.5) is 4.79 Å². The third-order valence-corrected chi connectivity index (χ3v) is 7.96. The summed E-state index contributed by atoms with van der Waals surface area (Å²) in [6.07, 6.45) is 2.75. The average molecular weight is 849 g/mol. The normalized spacial score (nSPS) is 13.4. The molecule has 1 rings (SSSR count). The molecule has 22 heteroatoms. The van der Waals surface area contributed by atoms with Crippen molar-refractivity contribution in [1.29, 1.82) is 0 Å². The van der Waals surface area contributed by atoms with Crippen molar-refractivity contribution in [3.63, 3.8) is 0 Å². The number of hydrogen-bond acceptors (Lipinski definition) is 15. The van der Waals surface area contributed by atoms with Gasteiger partial charge in [-0.3, -0.25) is 28.9 Å². The number of carboxylic acids is 1. The van der Waals surface area contributed by atoms with Gasteiger partial charge in [0.2, 0.25) is 17.7 Å². The topological polar surface area (TPSA) is 291 Å². The SMILES string of the molecule is CC(C)[C@H](NC(=O)CCOCCOCCOCCOCCOCCOCCOCCOCCNC(=O)CCN1C(=O)C=CC1=O)C(=O)N[C@H](CCCNC(N)=O)C(=O)O. The highest BCUT2D eigenvalue weighted by molar-refractivity contribution is 6.13. The zero-order valence-electron chi connectivity index (χ0n) is 34.2. The Morgan fingerprint density at radius 1 is 0.610 bits per heavy atom. The zero-order valence-corrected chi connectivity index (χ0v) is 34.2. The maximum absolute atomic E-state index is 12.7. The van der Waals surface area contributed by atoms with Gasteiger partial charge in [0.05, 0.1) is 106 Å². The lowest BCUT2D eigenvalue weighted by atomic mass is 10.0. The molecular formula is C37H64N6O16. The van der Waals surface area contributed by atoms with Crippen molar-refractivity contribution in [2.75, 3.05) is 125 Å². The van der Waals surface area contributed by atoms with Crippen molar-refractivity contribution in [2.45, 2.75) is 51.6 Å². The molecule has 0 fully saturated rings. The molecule has 0 unspecified atom stereocenters. The Labute approximate surface area is 344 Å². The van der Waals surface area contributed by atoms with E-state index in [1.54, 1.807) is 13.8 Å². The lowest BCUT2D eigenvalue weighted by Crippen LogP contribution is -2.53. The molecule has 1 aliphatic rings. The van der Waals surface area contributed by atoms with Crippen LogP contribution in [0.25, 0.3) is 0 Å². The van der Waals surface area contributed by atoms with Gasteiger partial charge in [0.25, 0.3) is 11.8 Å². The van der Waals surface area contributed by atoms with Gasteiger partial charge in [-0.1, -0.05) is 13.8 Å². The number of urea groups is 1. The highest BCUT2D eigenvalue weighted by Gasteiger charge is 2.28. The van der Waals surface area contributed by atoms with Gasteiger partial charge in [-0.2, -0.15) is 0 Å². The standard InChI is InChI=1S/C37H64N6O16/c1-28(2)34(35(48)41-29(36(49)50)4-3-9-40-37(38)51)42-31(45)8-12-52-14-16-54-18-20-56-22-24-58-26-27-59-25-23-57-21-19-55-17-15-53-13-10-39-30(44)7-11-43-32(46)5-6-33(43)47/h5-6,28-29,34H,3-4,7-27H2,1-2H3,(H,39,44)(H,41,48)(H,42,45)(H,49,50)(H3,38,40,51)/t29-,34+/m1/s1. The van der Waals surface area contributed by atoms with Crippen molar-refractivity contribution in [3.8, 4) is 0 Å². The molecule has 1 aliphatic heterocycles. The number of carbonyl (C=O) groups is 7. The Bertz CT molecular complexity index is 1260. The van der Waals surface area contributed by atoms with Crippen LogP contribution in [-0.2, 0) is 66.7 Å². The molecule has 0 saturated heterocycles. The molecule has 0 aromatic rings. The predicted octanol–water partition coefficient (Wildman–Crippen LogP) is -1.90. The number of amides is 7. The molecule has 7 N–H and O–H groups in total. The highest BCUT2D eigenvalue weighted by Crippen LogP contribution is 2.06. The third-order valence-electron chi connectivity index (χ3n) is 7.96. The first-order valence-electron chi connectivity index (χ1n) is 19.7. The van der Waals surface area contributed by atoms with Crippen LogP contribution < -0.4 is 27.0 Å². The van der Waals surface area contributed by atoms with Gasteiger partial charge >= 0.3 is 12.0 Å². The molecule has 0 aliphatic carbocycles. The molecule has 59 heavy (non-hydrogen) atoms. The number of nitrogens with zero attached hydrogens (tertiary/aromatic N) is 1. The second-order valence-corrected chi connectivity index (χ2v) is 13.0. The van der Waals surface area contributed by atoms with Gasteiger partial charge in [0.1, 0.15) is 12.1 Å². The summed E-state index contributed by atoms with van der Waals surface area (Å²) in [5.74, 6) is -3.67. The number of primary amides is 1. The van der Waals surface area contributed by atoms with Crippen LogP contribution in [0.2, 0.25) is 0 Å². The van der Waals surface area contributed by atoms with E-state index in [0.29, 0.717) is 99.0 Å². The van der Waals surface area contributed by atoms with E-state index < -0.39 is 47.7 Å². The molecule has 338 valence electrons. The molecule has 1 heterocycles. The number of imide groups is 1. The van der Waals surface area contributed by atoms with Crippen LogP contribution in [0.5, 0.6) is 0 Å². The molecule has 0 radical (unpaired) electrons. The monoisotopic (exact) mass is 848 g/mol. The van der Waals surface area contributed by atoms with Gasteiger partial charge in [-0.05, 0) is 18.8 Å². The number of nitrogens with two attached hydrogens (primary N) is 1. The molecule has 22 nitrogen and oxygen atoms in total. The van der Waals surface area contributed by atoms with E-state index >= 15 is 0 Å². The van der Waals surface area contributed by atoms with Gasteiger partial charge in [-0.25, -0.2) is 9.59 Å². The smallest absolute Gasteiger partial charge is 0.326 e. The average Bonchev–Trinajstić information content (AvgIpc) is 3.52. The summed E-state index contributed by atoms with van der Waals surface area (Å²) in [4.78, 5) is 83.2. The van der Waals surface area contributed by atoms with Gasteiger partial charge in [0.15, 0.2) is 0 Å². The van der Waals surface area contributed by atoms with Crippen LogP contribution in [0.3, 0.4) is 0 Å². The van der Waals surface area contributed by atoms with E-state index in [2.05, 4.69) is 21.3 Å². The van der Waals surface area contributed by atoms with Crippen LogP contribution in [-0.4, -0.2) is 189 Å². The van der Waals surface area contributed by atoms with Gasteiger partial charge < -0.3 is 70.0 Å². The van der Waals surface area contributed by atoms with Crippen molar-refractivity contribution >= 4 is 41.5 Å². The Kier molecular flexibility index (Phi) is 30.9. The van der Waals surface area contributed by atoms with Crippen molar-refractivity contribution in [3.05, 3.63) is 12.2 Å². The zero-order chi connectivity index (χ0) is 43.5. The summed E-state index contributed by atoms with van der Waals surface area (Å²) in [6, 6.07) is -2.86. The van der Waals surface area contributed by atoms with E-state index in [1.807, 2.05) is 0 Å². The minimum absolute atomic E-state index is 0.000641. The summed E-state index contributed by atoms with van der Waals surface area (Å²) >= 11 is 0. The molecule has 0 bridgehead atoms. The third kappa shape index (κ3) is 28.7. The first-order chi connectivity index (χ1) is 28.4. The van der Waals surface area contributed by atoms with Crippen LogP contribution >= 0.6 is 0 Å². The maximum atomic E-state index is 12.7. The lowest BCUT2D eigenvalue weighted by Gasteiger charge is -2.24. The maximum Gasteiger partial charge on any atom is 0.326 e. The molecule has 0 aromatic heterocycles. The van der Waals surface area contributed by atoms with E-state index in [9.17, 15) is 38.7 Å². The number of ether oxygens (including phenoxy) is 8. The Morgan fingerprint density at radius 3 is 1.47 bits per heavy atom. The van der Waals surface area contributed by atoms with Gasteiger partial charge in [-0.15, -0.1) is 0 Å². The van der Waals surface area contributed by atoms with Crippen LogP contribution in [0.15, 0.2) is 12.2 Å². The summed E-state index contributed by atoms with van der Waals surface area (Å²) in [6.45, 7) is 9.68. The van der Waals surface area contributed by atoms with E-state index in [4.69, 9.17) is 43.6 Å². The minimum Gasteiger partial charge on any atom is -0.480 e. The summed E-state index contributed by atoms with van der Waals surface area (Å²) in [7, 11) is 0. The molecule has 2 atom stereocenters. The highest BCUT2D eigenvalue weighted by atomic mass is 16.6. The Hall–Kier alpha value is -4.29. The number of carboxylic acid groups (broad SMARTS) is 1. The molecule has 7 amide bonds. The van der Waals surface area contributed by atoms with Gasteiger partial charge in [0, 0.05) is 44.6 Å². The second-order valence-electron chi connectivity index (χ2n) is 13.0. The quantitative estimate of drug-likeness (QED) is 0.0291. The largest absolute Gasteiger partial charge is 0.480 e. The molecule has 0 spiro atoms. The van der Waals surface area contributed by atoms with Crippen molar-refractivity contribution in [2.24, 2.45) is 11.7 Å². The lowest BCUT2D eigenvalue weighted by molar-refractivity contribution is -0.142. The fourth-order valence-corrected chi connectivity index (χ4v) is 4.84. The van der Waals surface area contributed by atoms with E-state index in [1.165, 1.54) is 12.2 Å². The second kappa shape index (κ2) is 34.6. The first kappa shape index (κ1) is 52.7. The number of aliphatic carboxylic acids is 1. The van der Waals surface area contributed by atoms with E-state index in [-0.39, 0.29) is 63.8 Å². The van der Waals surface area contributed by atoms with Crippen LogP contribution in [0.1, 0.15) is 39.5 Å². The summed E-state index contributed by atoms with van der Waals surface area (Å²) in [5, 5.41) is 19.5. The fourth-order valence-electron chi connectivity index (χ4n) is 4.84. The van der Waals surface area contributed by atoms with Crippen LogP contribution in [0, 0.1) is 5.92 Å². The number of rotatable bonds is 39. The first-order valence-corrected chi connectivity index (χ1v) is 19.7. The minimum atomic E-state index is -1.23. The van der Waals surface area contributed by atoms with Crippen molar-refractivity contribution in [1.82, 2.24) is 26.2 Å². The van der Waals surface area contributed by atoms with E-state index in [0.717, 1.165) is 4.90 Å². The number of carbonyl (C=O) groups excluding carboxylic acids is 6. The molecule has 0 aromatic carbocycles.